The van der Waals surface area contributed by atoms with Crippen molar-refractivity contribution in [2.24, 2.45) is 0 Å². The largest absolute Gasteiger partial charge is 0.496 e. The first-order chi connectivity index (χ1) is 8.17. The van der Waals surface area contributed by atoms with Crippen molar-refractivity contribution in [2.75, 3.05) is 13.7 Å². The van der Waals surface area contributed by atoms with Crippen LogP contribution in [0.1, 0.15) is 18.9 Å². The van der Waals surface area contributed by atoms with Crippen molar-refractivity contribution in [1.29, 1.82) is 0 Å². The third kappa shape index (κ3) is 4.65. The molecule has 0 spiro atoms. The molecule has 0 radical (unpaired) electrons. The maximum atomic E-state index is 11.4. The molecule has 5 heteroatoms. The smallest absolute Gasteiger partial charge is 0.315 e. The lowest BCUT2D eigenvalue weighted by molar-refractivity contribution is 0.240. The van der Waals surface area contributed by atoms with Gasteiger partial charge in [-0.25, -0.2) is 4.79 Å². The number of rotatable bonds is 5. The highest BCUT2D eigenvalue weighted by Gasteiger charge is 2.05. The molecule has 0 atom stereocenters. The van der Waals surface area contributed by atoms with Crippen molar-refractivity contribution >= 4 is 22.0 Å². The van der Waals surface area contributed by atoms with Gasteiger partial charge in [-0.05, 0) is 24.6 Å². The number of nitrogens with one attached hydrogen (secondary N) is 2. The standard InChI is InChI=1S/C12H17BrN2O2/c1-3-6-14-12(16)15-8-9-7-10(13)4-5-11(9)17-2/h4-5,7H,3,6,8H2,1-2H3,(H2,14,15,16). The molecule has 0 saturated heterocycles. The van der Waals surface area contributed by atoms with E-state index in [0.29, 0.717) is 13.1 Å². The van der Waals surface area contributed by atoms with Crippen molar-refractivity contribution in [3.05, 3.63) is 28.2 Å². The highest BCUT2D eigenvalue weighted by Crippen LogP contribution is 2.22. The summed E-state index contributed by atoms with van der Waals surface area (Å²) < 4.78 is 6.18. The summed E-state index contributed by atoms with van der Waals surface area (Å²) in [6.45, 7) is 3.14. The second kappa shape index (κ2) is 7.17. The molecule has 2 N–H and O–H groups in total. The minimum absolute atomic E-state index is 0.158. The monoisotopic (exact) mass is 300 g/mol. The molecule has 1 aromatic carbocycles. The second-order valence-corrected chi connectivity index (χ2v) is 4.48. The number of benzene rings is 1. The first kappa shape index (κ1) is 13.8. The van der Waals surface area contributed by atoms with Crippen LogP contribution in [0.3, 0.4) is 0 Å². The molecular formula is C12H17BrN2O2. The van der Waals surface area contributed by atoms with E-state index in [-0.39, 0.29) is 6.03 Å². The summed E-state index contributed by atoms with van der Waals surface area (Å²) in [4.78, 5) is 11.4. The van der Waals surface area contributed by atoms with Crippen molar-refractivity contribution in [1.82, 2.24) is 10.6 Å². The van der Waals surface area contributed by atoms with Gasteiger partial charge in [-0.3, -0.25) is 0 Å². The van der Waals surface area contributed by atoms with E-state index in [0.717, 1.165) is 22.2 Å². The quantitative estimate of drug-likeness (QED) is 0.878. The molecule has 0 unspecified atom stereocenters. The van der Waals surface area contributed by atoms with Gasteiger partial charge in [0.15, 0.2) is 0 Å². The Kier molecular flexibility index (Phi) is 5.83. The third-order valence-electron chi connectivity index (χ3n) is 2.22. The Morgan fingerprint density at radius 3 is 2.82 bits per heavy atom. The van der Waals surface area contributed by atoms with Crippen molar-refractivity contribution in [2.45, 2.75) is 19.9 Å². The molecule has 2 amide bonds. The van der Waals surface area contributed by atoms with E-state index in [2.05, 4.69) is 26.6 Å². The fraction of sp³-hybridized carbons (Fsp3) is 0.417. The summed E-state index contributed by atoms with van der Waals surface area (Å²) in [5.41, 5.74) is 0.938. The molecule has 0 aliphatic heterocycles. The fourth-order valence-corrected chi connectivity index (χ4v) is 1.77. The van der Waals surface area contributed by atoms with Crippen LogP contribution in [-0.2, 0) is 6.54 Å². The van der Waals surface area contributed by atoms with E-state index < -0.39 is 0 Å². The lowest BCUT2D eigenvalue weighted by atomic mass is 10.2. The van der Waals surface area contributed by atoms with E-state index in [1.807, 2.05) is 25.1 Å². The molecule has 0 fully saturated rings. The highest BCUT2D eigenvalue weighted by molar-refractivity contribution is 9.10. The Morgan fingerprint density at radius 1 is 1.41 bits per heavy atom. The summed E-state index contributed by atoms with van der Waals surface area (Å²) in [7, 11) is 1.61. The van der Waals surface area contributed by atoms with Crippen LogP contribution < -0.4 is 15.4 Å². The van der Waals surface area contributed by atoms with Gasteiger partial charge in [-0.1, -0.05) is 22.9 Å². The van der Waals surface area contributed by atoms with E-state index in [9.17, 15) is 4.79 Å². The Balaban J connectivity index is 2.56. The maximum Gasteiger partial charge on any atom is 0.315 e. The van der Waals surface area contributed by atoms with E-state index >= 15 is 0 Å². The Bertz CT molecular complexity index is 383. The molecule has 0 aromatic heterocycles. The van der Waals surface area contributed by atoms with Gasteiger partial charge >= 0.3 is 6.03 Å². The lowest BCUT2D eigenvalue weighted by Gasteiger charge is -2.10. The van der Waals surface area contributed by atoms with Gasteiger partial charge in [0, 0.05) is 23.1 Å². The van der Waals surface area contributed by atoms with Crippen LogP contribution in [0.4, 0.5) is 4.79 Å². The van der Waals surface area contributed by atoms with Gasteiger partial charge in [-0.2, -0.15) is 0 Å². The zero-order valence-electron chi connectivity index (χ0n) is 10.0. The second-order valence-electron chi connectivity index (χ2n) is 3.57. The van der Waals surface area contributed by atoms with Crippen LogP contribution in [0, 0.1) is 0 Å². The van der Waals surface area contributed by atoms with Crippen LogP contribution in [0.5, 0.6) is 5.75 Å². The molecule has 0 bridgehead atoms. The Labute approximate surface area is 110 Å². The van der Waals surface area contributed by atoms with Gasteiger partial charge < -0.3 is 15.4 Å². The number of hydrogen-bond donors (Lipinski definition) is 2. The molecule has 17 heavy (non-hydrogen) atoms. The number of carbonyl (C=O) groups excluding carboxylic acids is 1. The predicted molar refractivity (Wildman–Crippen MR) is 71.2 cm³/mol. The number of carbonyl (C=O) groups is 1. The van der Waals surface area contributed by atoms with Gasteiger partial charge in [0.1, 0.15) is 5.75 Å². The zero-order chi connectivity index (χ0) is 12.7. The minimum atomic E-state index is -0.158. The summed E-state index contributed by atoms with van der Waals surface area (Å²) in [5.74, 6) is 0.768. The number of hydrogen-bond acceptors (Lipinski definition) is 2. The average molecular weight is 301 g/mol. The number of urea groups is 1. The molecule has 1 aromatic rings. The van der Waals surface area contributed by atoms with Crippen LogP contribution in [0.2, 0.25) is 0 Å². The van der Waals surface area contributed by atoms with Gasteiger partial charge in [0.2, 0.25) is 0 Å². The summed E-state index contributed by atoms with van der Waals surface area (Å²) in [5, 5.41) is 5.54. The Morgan fingerprint density at radius 2 is 2.18 bits per heavy atom. The minimum Gasteiger partial charge on any atom is -0.496 e. The maximum absolute atomic E-state index is 11.4. The number of halogens is 1. The molecule has 0 heterocycles. The van der Waals surface area contributed by atoms with Crippen LogP contribution >= 0.6 is 15.9 Å². The molecule has 0 aliphatic carbocycles. The van der Waals surface area contributed by atoms with Crippen molar-refractivity contribution < 1.29 is 9.53 Å². The highest BCUT2D eigenvalue weighted by atomic mass is 79.9. The SMILES string of the molecule is CCCNC(=O)NCc1cc(Br)ccc1OC. The number of methoxy groups -OCH3 is 1. The average Bonchev–Trinajstić information content (AvgIpc) is 2.34. The third-order valence-corrected chi connectivity index (χ3v) is 2.71. The summed E-state index contributed by atoms with van der Waals surface area (Å²) >= 11 is 3.39. The lowest BCUT2D eigenvalue weighted by Crippen LogP contribution is -2.35. The van der Waals surface area contributed by atoms with Gasteiger partial charge in [0.05, 0.1) is 7.11 Å². The molecule has 1 rings (SSSR count). The van der Waals surface area contributed by atoms with E-state index in [1.165, 1.54) is 0 Å². The number of amides is 2. The first-order valence-corrected chi connectivity index (χ1v) is 6.30. The number of ether oxygens (including phenoxy) is 1. The molecule has 4 nitrogen and oxygen atoms in total. The van der Waals surface area contributed by atoms with E-state index in [1.54, 1.807) is 7.11 Å². The zero-order valence-corrected chi connectivity index (χ0v) is 11.6. The summed E-state index contributed by atoms with van der Waals surface area (Å²) in [6, 6.07) is 5.54. The van der Waals surface area contributed by atoms with Crippen LogP contribution in [0.15, 0.2) is 22.7 Å². The molecule has 0 aliphatic rings. The molecule has 0 saturated carbocycles. The van der Waals surface area contributed by atoms with Gasteiger partial charge in [-0.15, -0.1) is 0 Å². The van der Waals surface area contributed by atoms with Gasteiger partial charge in [0.25, 0.3) is 0 Å². The van der Waals surface area contributed by atoms with Crippen LogP contribution in [0.25, 0.3) is 0 Å². The first-order valence-electron chi connectivity index (χ1n) is 5.51. The molecular weight excluding hydrogens is 284 g/mol. The Hall–Kier alpha value is -1.23. The fourth-order valence-electron chi connectivity index (χ4n) is 1.36. The normalized spacial score (nSPS) is 9.82. The molecule has 94 valence electrons. The topological polar surface area (TPSA) is 50.4 Å². The van der Waals surface area contributed by atoms with E-state index in [4.69, 9.17) is 4.74 Å². The summed E-state index contributed by atoms with van der Waals surface area (Å²) in [6.07, 6.45) is 0.924. The van der Waals surface area contributed by atoms with Crippen molar-refractivity contribution in [3.63, 3.8) is 0 Å². The van der Waals surface area contributed by atoms with Crippen molar-refractivity contribution in [3.8, 4) is 5.75 Å². The van der Waals surface area contributed by atoms with Crippen LogP contribution in [-0.4, -0.2) is 19.7 Å². The predicted octanol–water partition coefficient (Wildman–Crippen LogP) is 2.67.